The van der Waals surface area contributed by atoms with Crippen molar-refractivity contribution in [3.63, 3.8) is 0 Å². The number of rotatable bonds is 5. The van der Waals surface area contributed by atoms with Crippen LogP contribution in [-0.2, 0) is 6.61 Å². The van der Waals surface area contributed by atoms with Gasteiger partial charge < -0.3 is 10.4 Å². The van der Waals surface area contributed by atoms with Crippen molar-refractivity contribution in [2.24, 2.45) is 0 Å². The molecule has 0 aromatic heterocycles. The third-order valence-corrected chi connectivity index (χ3v) is 3.85. The summed E-state index contributed by atoms with van der Waals surface area (Å²) < 4.78 is 0. The molecule has 4 heteroatoms. The lowest BCUT2D eigenvalue weighted by Gasteiger charge is -2.11. The predicted molar refractivity (Wildman–Crippen MR) is 96.6 cm³/mol. The van der Waals surface area contributed by atoms with Crippen LogP contribution in [0, 0.1) is 0 Å². The first kappa shape index (κ1) is 16.6. The molecule has 3 rings (SSSR count). The largest absolute Gasteiger partial charge is 0.392 e. The molecule has 0 aliphatic carbocycles. The summed E-state index contributed by atoms with van der Waals surface area (Å²) in [5.74, 6) is -0.454. The van der Waals surface area contributed by atoms with Crippen molar-refractivity contribution in [1.82, 2.24) is 0 Å². The molecule has 1 amide bonds. The smallest absolute Gasteiger partial charge is 0.255 e. The van der Waals surface area contributed by atoms with E-state index >= 15 is 0 Å². The highest BCUT2D eigenvalue weighted by molar-refractivity contribution is 6.15. The van der Waals surface area contributed by atoms with E-state index < -0.39 is 0 Å². The van der Waals surface area contributed by atoms with E-state index in [1.54, 1.807) is 72.8 Å². The van der Waals surface area contributed by atoms with E-state index in [2.05, 4.69) is 5.32 Å². The van der Waals surface area contributed by atoms with Crippen molar-refractivity contribution >= 4 is 17.4 Å². The molecule has 3 aromatic rings. The van der Waals surface area contributed by atoms with E-state index in [1.807, 2.05) is 6.07 Å². The maximum absolute atomic E-state index is 12.8. The second kappa shape index (κ2) is 7.55. The van der Waals surface area contributed by atoms with Crippen LogP contribution in [0.2, 0.25) is 0 Å². The van der Waals surface area contributed by atoms with Gasteiger partial charge in [0.15, 0.2) is 5.78 Å². The molecule has 4 nitrogen and oxygen atoms in total. The maximum Gasteiger partial charge on any atom is 0.255 e. The second-order valence-electron chi connectivity index (χ2n) is 5.55. The molecule has 0 fully saturated rings. The highest BCUT2D eigenvalue weighted by Crippen LogP contribution is 2.20. The van der Waals surface area contributed by atoms with Crippen LogP contribution in [0.3, 0.4) is 0 Å². The Morgan fingerprint density at radius 3 is 2.08 bits per heavy atom. The van der Waals surface area contributed by atoms with Crippen molar-refractivity contribution in [3.05, 3.63) is 101 Å². The van der Waals surface area contributed by atoms with Crippen molar-refractivity contribution in [3.8, 4) is 0 Å². The van der Waals surface area contributed by atoms with Gasteiger partial charge in [-0.3, -0.25) is 9.59 Å². The lowest BCUT2D eigenvalue weighted by atomic mass is 10.0. The number of aliphatic hydroxyl groups is 1. The first-order chi connectivity index (χ1) is 12.2. The summed E-state index contributed by atoms with van der Waals surface area (Å²) >= 11 is 0. The Kier molecular flexibility index (Phi) is 5.02. The number of amides is 1. The van der Waals surface area contributed by atoms with E-state index in [4.69, 9.17) is 5.11 Å². The number of anilines is 1. The zero-order chi connectivity index (χ0) is 17.6. The molecule has 0 atom stereocenters. The molecule has 124 valence electrons. The second-order valence-corrected chi connectivity index (χ2v) is 5.55. The molecule has 25 heavy (non-hydrogen) atoms. The first-order valence-electron chi connectivity index (χ1n) is 7.89. The van der Waals surface area contributed by atoms with Crippen LogP contribution in [0.1, 0.15) is 31.8 Å². The molecule has 0 spiro atoms. The number of benzene rings is 3. The van der Waals surface area contributed by atoms with Crippen LogP contribution in [0.5, 0.6) is 0 Å². The van der Waals surface area contributed by atoms with E-state index in [-0.39, 0.29) is 18.3 Å². The topological polar surface area (TPSA) is 66.4 Å². The molecule has 0 saturated heterocycles. The number of para-hydroxylation sites is 1. The quantitative estimate of drug-likeness (QED) is 0.701. The van der Waals surface area contributed by atoms with Gasteiger partial charge in [-0.05, 0) is 29.8 Å². The van der Waals surface area contributed by atoms with Crippen LogP contribution in [-0.4, -0.2) is 16.8 Å². The highest BCUT2D eigenvalue weighted by Gasteiger charge is 2.15. The van der Waals surface area contributed by atoms with E-state index in [0.29, 0.717) is 22.4 Å². The monoisotopic (exact) mass is 331 g/mol. The van der Waals surface area contributed by atoms with Gasteiger partial charge in [-0.25, -0.2) is 0 Å². The minimum absolute atomic E-state index is 0.0712. The Bertz CT molecular complexity index is 887. The molecular formula is C21H17NO3. The molecule has 0 radical (unpaired) electrons. The van der Waals surface area contributed by atoms with Gasteiger partial charge >= 0.3 is 0 Å². The van der Waals surface area contributed by atoms with Crippen molar-refractivity contribution in [1.29, 1.82) is 0 Å². The Balaban J connectivity index is 1.87. The van der Waals surface area contributed by atoms with E-state index in [9.17, 15) is 9.59 Å². The van der Waals surface area contributed by atoms with Crippen LogP contribution >= 0.6 is 0 Å². The number of carbonyl (C=O) groups is 2. The van der Waals surface area contributed by atoms with Gasteiger partial charge in [-0.2, -0.15) is 0 Å². The number of ketones is 1. The van der Waals surface area contributed by atoms with Crippen LogP contribution < -0.4 is 5.32 Å². The summed E-state index contributed by atoms with van der Waals surface area (Å²) in [5.41, 5.74) is 2.65. The summed E-state index contributed by atoms with van der Waals surface area (Å²) in [6, 6.07) is 22.5. The molecule has 0 aliphatic heterocycles. The predicted octanol–water partition coefficient (Wildman–Crippen LogP) is 3.66. The summed E-state index contributed by atoms with van der Waals surface area (Å²) in [7, 11) is 0. The van der Waals surface area contributed by atoms with Gasteiger partial charge in [-0.15, -0.1) is 0 Å². The minimum atomic E-state index is -0.267. The highest BCUT2D eigenvalue weighted by atomic mass is 16.3. The third-order valence-electron chi connectivity index (χ3n) is 3.85. The molecule has 0 heterocycles. The Morgan fingerprint density at radius 2 is 1.40 bits per heavy atom. The van der Waals surface area contributed by atoms with E-state index in [1.165, 1.54) is 0 Å². The number of nitrogens with one attached hydrogen (secondary N) is 1. The first-order valence-corrected chi connectivity index (χ1v) is 7.89. The van der Waals surface area contributed by atoms with Gasteiger partial charge in [-0.1, -0.05) is 54.6 Å². The van der Waals surface area contributed by atoms with Gasteiger partial charge in [0.25, 0.3) is 5.91 Å². The Morgan fingerprint density at radius 1 is 0.760 bits per heavy atom. The van der Waals surface area contributed by atoms with Crippen molar-refractivity contribution in [2.45, 2.75) is 6.61 Å². The standard InChI is InChI=1S/C21H17NO3/c23-14-15-10-12-16(13-11-15)20(24)18-8-4-5-9-19(18)22-21(25)17-6-2-1-3-7-17/h1-13,23H,14H2,(H,22,25). The number of aliphatic hydroxyl groups excluding tert-OH is 1. The molecule has 2 N–H and O–H groups in total. The molecular weight excluding hydrogens is 314 g/mol. The normalized spacial score (nSPS) is 10.3. The zero-order valence-corrected chi connectivity index (χ0v) is 13.5. The maximum atomic E-state index is 12.8. The van der Waals surface area contributed by atoms with Gasteiger partial charge in [0.05, 0.1) is 12.3 Å². The van der Waals surface area contributed by atoms with Crippen molar-refractivity contribution in [2.75, 3.05) is 5.32 Å². The van der Waals surface area contributed by atoms with Gasteiger partial charge in [0, 0.05) is 16.7 Å². The van der Waals surface area contributed by atoms with Crippen LogP contribution in [0.4, 0.5) is 5.69 Å². The molecule has 0 saturated carbocycles. The summed E-state index contributed by atoms with van der Waals surface area (Å²) in [4.78, 5) is 25.1. The summed E-state index contributed by atoms with van der Waals surface area (Å²) in [6.07, 6.45) is 0. The molecule has 3 aromatic carbocycles. The third kappa shape index (κ3) is 3.82. The number of hydrogen-bond acceptors (Lipinski definition) is 3. The summed E-state index contributed by atoms with van der Waals surface area (Å²) in [5, 5.41) is 11.9. The average molecular weight is 331 g/mol. The van der Waals surface area contributed by atoms with E-state index in [0.717, 1.165) is 5.56 Å². The van der Waals surface area contributed by atoms with Crippen LogP contribution in [0.15, 0.2) is 78.9 Å². The molecule has 0 bridgehead atoms. The number of carbonyl (C=O) groups excluding carboxylic acids is 2. The molecule has 0 unspecified atom stereocenters. The van der Waals surface area contributed by atoms with Crippen LogP contribution in [0.25, 0.3) is 0 Å². The lowest BCUT2D eigenvalue weighted by Crippen LogP contribution is -2.15. The lowest BCUT2D eigenvalue weighted by molar-refractivity contribution is 0.102. The summed E-state index contributed by atoms with van der Waals surface area (Å²) in [6.45, 7) is -0.0712. The SMILES string of the molecule is O=C(Nc1ccccc1C(=O)c1ccc(CO)cc1)c1ccccc1. The fourth-order valence-electron chi connectivity index (χ4n) is 2.49. The fourth-order valence-corrected chi connectivity index (χ4v) is 2.49. The zero-order valence-electron chi connectivity index (χ0n) is 13.5. The van der Waals surface area contributed by atoms with Gasteiger partial charge in [0.2, 0.25) is 0 Å². The average Bonchev–Trinajstić information content (AvgIpc) is 2.68. The number of hydrogen-bond donors (Lipinski definition) is 2. The Hall–Kier alpha value is -3.24. The Labute approximate surface area is 145 Å². The minimum Gasteiger partial charge on any atom is -0.392 e. The fraction of sp³-hybridized carbons (Fsp3) is 0.0476. The van der Waals surface area contributed by atoms with Crippen molar-refractivity contribution < 1.29 is 14.7 Å². The van der Waals surface area contributed by atoms with Gasteiger partial charge in [0.1, 0.15) is 0 Å². The molecule has 0 aliphatic rings.